The van der Waals surface area contributed by atoms with Gasteiger partial charge in [-0.25, -0.2) is 4.68 Å². The van der Waals surface area contributed by atoms with Crippen LogP contribution in [0, 0.1) is 13.8 Å². The maximum atomic E-state index is 12.6. The summed E-state index contributed by atoms with van der Waals surface area (Å²) in [6.07, 6.45) is 1.07. The van der Waals surface area contributed by atoms with E-state index in [1.165, 1.54) is 0 Å². The molecule has 1 amide bonds. The van der Waals surface area contributed by atoms with Crippen LogP contribution >= 0.6 is 0 Å². The minimum Gasteiger partial charge on any atom is -0.486 e. The van der Waals surface area contributed by atoms with Gasteiger partial charge in [-0.3, -0.25) is 4.79 Å². The zero-order valence-electron chi connectivity index (χ0n) is 17.6. The van der Waals surface area contributed by atoms with Crippen LogP contribution in [0.15, 0.2) is 48.5 Å². The summed E-state index contributed by atoms with van der Waals surface area (Å²) in [6.45, 7) is 7.15. The minimum absolute atomic E-state index is 0.0173. The van der Waals surface area contributed by atoms with Gasteiger partial charge in [0.25, 0.3) is 0 Å². The number of carbonyl (C=O) groups is 1. The minimum atomic E-state index is -0.109. The van der Waals surface area contributed by atoms with Crippen LogP contribution < -0.4 is 14.8 Å². The quantitative estimate of drug-likeness (QED) is 0.671. The van der Waals surface area contributed by atoms with E-state index < -0.39 is 0 Å². The number of nitrogens with zero attached hydrogens (tertiary/aromatic N) is 2. The monoisotopic (exact) mass is 405 g/mol. The van der Waals surface area contributed by atoms with E-state index in [0.717, 1.165) is 39.7 Å². The van der Waals surface area contributed by atoms with E-state index in [1.807, 2.05) is 67.1 Å². The third-order valence-electron chi connectivity index (χ3n) is 5.49. The molecule has 1 N–H and O–H groups in total. The fourth-order valence-corrected chi connectivity index (χ4v) is 3.82. The van der Waals surface area contributed by atoms with E-state index in [9.17, 15) is 4.79 Å². The summed E-state index contributed by atoms with van der Waals surface area (Å²) in [5.41, 5.74) is 5.19. The van der Waals surface area contributed by atoms with Crippen molar-refractivity contribution in [1.82, 2.24) is 15.1 Å². The summed E-state index contributed by atoms with van der Waals surface area (Å²) in [7, 11) is 0. The number of hydrogen-bond acceptors (Lipinski definition) is 4. The summed E-state index contributed by atoms with van der Waals surface area (Å²) in [5.74, 6) is 1.51. The van der Waals surface area contributed by atoms with E-state index in [-0.39, 0.29) is 11.9 Å². The average molecular weight is 405 g/mol. The van der Waals surface area contributed by atoms with E-state index in [4.69, 9.17) is 9.47 Å². The van der Waals surface area contributed by atoms with Gasteiger partial charge in [-0.15, -0.1) is 0 Å². The molecule has 0 unspecified atom stereocenters. The molecule has 6 heteroatoms. The Morgan fingerprint density at radius 3 is 2.60 bits per heavy atom. The van der Waals surface area contributed by atoms with Crippen LogP contribution in [0.2, 0.25) is 0 Å². The molecule has 4 rings (SSSR count). The molecule has 0 saturated carbocycles. The average Bonchev–Trinajstić information content (AvgIpc) is 3.05. The predicted molar refractivity (Wildman–Crippen MR) is 115 cm³/mol. The second kappa shape index (κ2) is 8.61. The maximum absolute atomic E-state index is 12.6. The Morgan fingerprint density at radius 1 is 1.10 bits per heavy atom. The lowest BCUT2D eigenvalue weighted by Gasteiger charge is -2.21. The highest BCUT2D eigenvalue weighted by Crippen LogP contribution is 2.32. The number of aromatic nitrogens is 2. The van der Waals surface area contributed by atoms with Gasteiger partial charge in [0.05, 0.1) is 17.4 Å². The molecule has 2 heterocycles. The summed E-state index contributed by atoms with van der Waals surface area (Å²) in [4.78, 5) is 12.6. The first kappa shape index (κ1) is 20.0. The zero-order chi connectivity index (χ0) is 21.1. The lowest BCUT2D eigenvalue weighted by atomic mass is 10.1. The van der Waals surface area contributed by atoms with Crippen LogP contribution in [0.1, 0.15) is 41.9 Å². The molecule has 0 saturated heterocycles. The molecule has 1 aliphatic rings. The van der Waals surface area contributed by atoms with Crippen LogP contribution in [0.4, 0.5) is 0 Å². The van der Waals surface area contributed by atoms with Crippen LogP contribution in [-0.2, 0) is 11.2 Å². The lowest BCUT2D eigenvalue weighted by molar-refractivity contribution is -0.121. The van der Waals surface area contributed by atoms with Gasteiger partial charge in [0, 0.05) is 12.1 Å². The van der Waals surface area contributed by atoms with Gasteiger partial charge in [-0.2, -0.15) is 5.10 Å². The Hall–Kier alpha value is -3.28. The molecule has 1 atom stereocenters. The number of aryl methyl sites for hydroxylation is 1. The predicted octanol–water partition coefficient (Wildman–Crippen LogP) is 4.07. The molecule has 3 aromatic rings. The Balaban J connectivity index is 1.39. The summed E-state index contributed by atoms with van der Waals surface area (Å²) in [6, 6.07) is 15.8. The van der Waals surface area contributed by atoms with Crippen molar-refractivity contribution in [3.8, 4) is 17.2 Å². The molecular weight excluding hydrogens is 378 g/mol. The molecule has 1 aliphatic heterocycles. The van der Waals surface area contributed by atoms with E-state index in [0.29, 0.717) is 26.1 Å². The highest BCUT2D eigenvalue weighted by Gasteiger charge is 2.17. The first-order valence-electron chi connectivity index (χ1n) is 10.3. The first-order chi connectivity index (χ1) is 14.5. The van der Waals surface area contributed by atoms with E-state index in [2.05, 4.69) is 17.3 Å². The van der Waals surface area contributed by atoms with Crippen molar-refractivity contribution in [3.63, 3.8) is 0 Å². The molecule has 6 nitrogen and oxygen atoms in total. The van der Waals surface area contributed by atoms with Gasteiger partial charge >= 0.3 is 0 Å². The Morgan fingerprint density at radius 2 is 1.83 bits per heavy atom. The standard InChI is InChI=1S/C24H27N3O3/c1-16(19-9-11-22-23(15-19)30-14-13-29-22)25-24(28)12-10-21-17(2)26-27(18(21)3)20-7-5-4-6-8-20/h4-9,11,15-16H,10,12-14H2,1-3H3,(H,25,28)/t16-/m0/s1. The second-order valence-electron chi connectivity index (χ2n) is 7.59. The highest BCUT2D eigenvalue weighted by molar-refractivity contribution is 5.76. The van der Waals surface area contributed by atoms with E-state index >= 15 is 0 Å². The summed E-state index contributed by atoms with van der Waals surface area (Å²) in [5, 5.41) is 7.76. The number of ether oxygens (including phenoxy) is 2. The van der Waals surface area contributed by atoms with Gasteiger partial charge in [0.1, 0.15) is 13.2 Å². The van der Waals surface area contributed by atoms with Crippen molar-refractivity contribution < 1.29 is 14.3 Å². The van der Waals surface area contributed by atoms with Crippen LogP contribution in [0.3, 0.4) is 0 Å². The fraction of sp³-hybridized carbons (Fsp3) is 0.333. The molecule has 0 spiro atoms. The first-order valence-corrected chi connectivity index (χ1v) is 10.3. The van der Waals surface area contributed by atoms with E-state index in [1.54, 1.807) is 0 Å². The van der Waals surface area contributed by atoms with Crippen molar-refractivity contribution in [2.45, 2.75) is 39.7 Å². The van der Waals surface area contributed by atoms with Gasteiger partial charge < -0.3 is 14.8 Å². The summed E-state index contributed by atoms with van der Waals surface area (Å²) >= 11 is 0. The third-order valence-corrected chi connectivity index (χ3v) is 5.49. The lowest BCUT2D eigenvalue weighted by Crippen LogP contribution is -2.27. The van der Waals surface area contributed by atoms with Crippen molar-refractivity contribution >= 4 is 5.91 Å². The van der Waals surface area contributed by atoms with Crippen LogP contribution in [-0.4, -0.2) is 28.9 Å². The number of rotatable bonds is 6. The molecule has 156 valence electrons. The normalized spacial score (nSPS) is 13.7. The largest absolute Gasteiger partial charge is 0.486 e. The number of para-hydroxylation sites is 1. The van der Waals surface area contributed by atoms with Gasteiger partial charge in [-0.05, 0) is 62.6 Å². The van der Waals surface area contributed by atoms with Gasteiger partial charge in [-0.1, -0.05) is 24.3 Å². The van der Waals surface area contributed by atoms with Crippen LogP contribution in [0.5, 0.6) is 11.5 Å². The SMILES string of the molecule is Cc1nn(-c2ccccc2)c(C)c1CCC(=O)N[C@@H](C)c1ccc2c(c1)OCCO2. The molecule has 2 aromatic carbocycles. The number of nitrogens with one attached hydrogen (secondary N) is 1. The van der Waals surface area contributed by atoms with Crippen molar-refractivity contribution in [1.29, 1.82) is 0 Å². The number of amides is 1. The molecule has 0 bridgehead atoms. The Labute approximate surface area is 176 Å². The Kier molecular flexibility index (Phi) is 5.74. The third kappa shape index (κ3) is 4.17. The van der Waals surface area contributed by atoms with Crippen molar-refractivity contribution in [3.05, 3.63) is 71.0 Å². The molecule has 0 fully saturated rings. The Bertz CT molecular complexity index is 1040. The second-order valence-corrected chi connectivity index (χ2v) is 7.59. The molecular formula is C24H27N3O3. The van der Waals surface area contributed by atoms with Crippen molar-refractivity contribution in [2.24, 2.45) is 0 Å². The number of carbonyl (C=O) groups excluding carboxylic acids is 1. The number of hydrogen-bond donors (Lipinski definition) is 1. The zero-order valence-corrected chi connectivity index (χ0v) is 17.6. The van der Waals surface area contributed by atoms with Crippen molar-refractivity contribution in [2.75, 3.05) is 13.2 Å². The van der Waals surface area contributed by atoms with Gasteiger partial charge in [0.2, 0.25) is 5.91 Å². The molecule has 0 radical (unpaired) electrons. The highest BCUT2D eigenvalue weighted by atomic mass is 16.6. The smallest absolute Gasteiger partial charge is 0.220 e. The van der Waals surface area contributed by atoms with Gasteiger partial charge in [0.15, 0.2) is 11.5 Å². The maximum Gasteiger partial charge on any atom is 0.220 e. The van der Waals surface area contributed by atoms with Crippen LogP contribution in [0.25, 0.3) is 5.69 Å². The number of fused-ring (bicyclic) bond motifs is 1. The molecule has 30 heavy (non-hydrogen) atoms. The fourth-order valence-electron chi connectivity index (χ4n) is 3.82. The molecule has 0 aliphatic carbocycles. The summed E-state index contributed by atoms with van der Waals surface area (Å²) < 4.78 is 13.2. The topological polar surface area (TPSA) is 65.4 Å². The number of benzene rings is 2. The molecule has 1 aromatic heterocycles.